The number of rotatable bonds is 5. The Morgan fingerprint density at radius 1 is 1.52 bits per heavy atom. The predicted molar refractivity (Wildman–Crippen MR) is 82.0 cm³/mol. The number of hydrogen-bond acceptors (Lipinski definition) is 5. The van der Waals surface area contributed by atoms with Gasteiger partial charge in [-0.25, -0.2) is 0 Å². The number of ether oxygens (including phenoxy) is 2. The van der Waals surface area contributed by atoms with Crippen molar-refractivity contribution in [3.05, 3.63) is 15.9 Å². The molecule has 1 aromatic rings. The molecule has 0 aliphatic carbocycles. The second-order valence-corrected chi connectivity index (χ2v) is 5.75. The van der Waals surface area contributed by atoms with Crippen LogP contribution >= 0.6 is 15.9 Å². The van der Waals surface area contributed by atoms with Crippen LogP contribution in [0.15, 0.2) is 4.47 Å². The van der Waals surface area contributed by atoms with Crippen LogP contribution in [0.1, 0.15) is 25.2 Å². The van der Waals surface area contributed by atoms with Crippen molar-refractivity contribution in [2.24, 2.45) is 0 Å². The largest absolute Gasteiger partial charge is 0.468 e. The highest BCUT2D eigenvalue weighted by Crippen LogP contribution is 2.25. The van der Waals surface area contributed by atoms with Crippen LogP contribution in [0.2, 0.25) is 0 Å². The van der Waals surface area contributed by atoms with Crippen LogP contribution < -0.4 is 0 Å². The smallest absolute Gasteiger partial charge is 0.325 e. The molecule has 21 heavy (non-hydrogen) atoms. The third-order valence-corrected chi connectivity index (χ3v) is 4.67. The standard InChI is InChI=1S/C14H22BrN3O3/c1-4-10-13(15)11(18(5-2)16-10)8-17-6-7-21-9-12(17)14(19)20-3/h12H,4-9H2,1-3H3. The van der Waals surface area contributed by atoms with E-state index in [0.717, 1.165) is 28.8 Å². The Morgan fingerprint density at radius 3 is 2.90 bits per heavy atom. The molecule has 118 valence electrons. The summed E-state index contributed by atoms with van der Waals surface area (Å²) in [6.07, 6.45) is 0.879. The Hall–Kier alpha value is -0.920. The van der Waals surface area contributed by atoms with Crippen LogP contribution in [0.25, 0.3) is 0 Å². The van der Waals surface area contributed by atoms with E-state index >= 15 is 0 Å². The van der Waals surface area contributed by atoms with E-state index in [1.807, 2.05) is 4.68 Å². The highest BCUT2D eigenvalue weighted by atomic mass is 79.9. The predicted octanol–water partition coefficient (Wildman–Crippen LogP) is 1.60. The zero-order valence-corrected chi connectivity index (χ0v) is 14.4. The number of aryl methyl sites for hydroxylation is 2. The fourth-order valence-corrected chi connectivity index (χ4v) is 3.23. The van der Waals surface area contributed by atoms with Gasteiger partial charge in [0.25, 0.3) is 0 Å². The third kappa shape index (κ3) is 3.46. The van der Waals surface area contributed by atoms with Gasteiger partial charge in [0, 0.05) is 19.6 Å². The van der Waals surface area contributed by atoms with Gasteiger partial charge in [0.05, 0.1) is 36.2 Å². The Bertz CT molecular complexity index is 504. The van der Waals surface area contributed by atoms with Crippen LogP contribution in [0.4, 0.5) is 0 Å². The summed E-state index contributed by atoms with van der Waals surface area (Å²) in [5.74, 6) is -0.246. The van der Waals surface area contributed by atoms with Crippen LogP contribution in [0, 0.1) is 0 Å². The number of methoxy groups -OCH3 is 1. The van der Waals surface area contributed by atoms with Gasteiger partial charge < -0.3 is 9.47 Å². The molecule has 1 unspecified atom stereocenters. The van der Waals surface area contributed by atoms with Crippen molar-refractivity contribution in [3.8, 4) is 0 Å². The monoisotopic (exact) mass is 359 g/mol. The minimum Gasteiger partial charge on any atom is -0.468 e. The molecule has 1 saturated heterocycles. The van der Waals surface area contributed by atoms with Gasteiger partial charge in [0.1, 0.15) is 6.04 Å². The summed E-state index contributed by atoms with van der Waals surface area (Å²) >= 11 is 3.65. The molecule has 1 fully saturated rings. The average molecular weight is 360 g/mol. The number of aromatic nitrogens is 2. The lowest BCUT2D eigenvalue weighted by Gasteiger charge is -2.33. The third-order valence-electron chi connectivity index (χ3n) is 3.76. The molecular weight excluding hydrogens is 338 g/mol. The molecular formula is C14H22BrN3O3. The van der Waals surface area contributed by atoms with E-state index in [1.54, 1.807) is 0 Å². The van der Waals surface area contributed by atoms with Crippen LogP contribution in [0.3, 0.4) is 0 Å². The van der Waals surface area contributed by atoms with Gasteiger partial charge in [-0.3, -0.25) is 14.4 Å². The van der Waals surface area contributed by atoms with Gasteiger partial charge in [0.15, 0.2) is 0 Å². The molecule has 0 bridgehead atoms. The summed E-state index contributed by atoms with van der Waals surface area (Å²) in [6, 6.07) is -0.346. The summed E-state index contributed by atoms with van der Waals surface area (Å²) < 4.78 is 13.3. The molecule has 2 rings (SSSR count). The number of carbonyl (C=O) groups excluding carboxylic acids is 1. The van der Waals surface area contributed by atoms with Crippen molar-refractivity contribution in [3.63, 3.8) is 0 Å². The van der Waals surface area contributed by atoms with E-state index in [1.165, 1.54) is 7.11 Å². The highest BCUT2D eigenvalue weighted by molar-refractivity contribution is 9.10. The summed E-state index contributed by atoms with van der Waals surface area (Å²) in [5.41, 5.74) is 2.15. The summed E-state index contributed by atoms with van der Waals surface area (Å²) in [6.45, 7) is 7.34. The summed E-state index contributed by atoms with van der Waals surface area (Å²) in [4.78, 5) is 14.0. The first-order valence-electron chi connectivity index (χ1n) is 7.26. The minimum atomic E-state index is -0.346. The maximum absolute atomic E-state index is 11.9. The lowest BCUT2D eigenvalue weighted by Crippen LogP contribution is -2.50. The normalized spacial score (nSPS) is 19.7. The first-order valence-corrected chi connectivity index (χ1v) is 8.05. The van der Waals surface area contributed by atoms with Crippen molar-refractivity contribution in [1.82, 2.24) is 14.7 Å². The topological polar surface area (TPSA) is 56.6 Å². The number of nitrogens with zero attached hydrogens (tertiary/aromatic N) is 3. The molecule has 0 radical (unpaired) electrons. The van der Waals surface area contributed by atoms with Gasteiger partial charge >= 0.3 is 5.97 Å². The van der Waals surface area contributed by atoms with Crippen molar-refractivity contribution in [2.45, 2.75) is 39.4 Å². The molecule has 0 aromatic carbocycles. The molecule has 6 nitrogen and oxygen atoms in total. The molecule has 0 spiro atoms. The Balaban J connectivity index is 2.22. The summed E-state index contributed by atoms with van der Waals surface area (Å²) in [7, 11) is 1.41. The van der Waals surface area contributed by atoms with E-state index in [2.05, 4.69) is 39.8 Å². The first-order chi connectivity index (χ1) is 10.1. The molecule has 0 amide bonds. The van der Waals surface area contributed by atoms with Gasteiger partial charge in [-0.1, -0.05) is 6.92 Å². The average Bonchev–Trinajstić information content (AvgIpc) is 2.83. The van der Waals surface area contributed by atoms with Crippen molar-refractivity contribution < 1.29 is 14.3 Å². The van der Waals surface area contributed by atoms with E-state index in [4.69, 9.17) is 9.47 Å². The Morgan fingerprint density at radius 2 is 2.29 bits per heavy atom. The van der Waals surface area contributed by atoms with Crippen molar-refractivity contribution >= 4 is 21.9 Å². The Kier molecular flexibility index (Phi) is 5.78. The molecule has 2 heterocycles. The Labute approximate surface area is 133 Å². The fourth-order valence-electron chi connectivity index (χ4n) is 2.54. The van der Waals surface area contributed by atoms with Gasteiger partial charge in [0.2, 0.25) is 0 Å². The second kappa shape index (κ2) is 7.38. The fraction of sp³-hybridized carbons (Fsp3) is 0.714. The van der Waals surface area contributed by atoms with Crippen molar-refractivity contribution in [1.29, 1.82) is 0 Å². The van der Waals surface area contributed by atoms with Crippen molar-refractivity contribution in [2.75, 3.05) is 26.9 Å². The maximum atomic E-state index is 11.9. The van der Waals surface area contributed by atoms with Gasteiger partial charge in [-0.2, -0.15) is 5.10 Å². The second-order valence-electron chi connectivity index (χ2n) is 4.96. The number of carbonyl (C=O) groups is 1. The number of esters is 1. The molecule has 1 aliphatic heterocycles. The molecule has 7 heteroatoms. The molecule has 1 atom stereocenters. The molecule has 0 N–H and O–H groups in total. The molecule has 0 saturated carbocycles. The number of halogens is 1. The highest BCUT2D eigenvalue weighted by Gasteiger charge is 2.31. The lowest BCUT2D eigenvalue weighted by atomic mass is 10.2. The van der Waals surface area contributed by atoms with Crippen LogP contribution in [0.5, 0.6) is 0 Å². The van der Waals surface area contributed by atoms with Crippen LogP contribution in [-0.2, 0) is 33.8 Å². The summed E-state index contributed by atoms with van der Waals surface area (Å²) in [5, 5.41) is 4.60. The first kappa shape index (κ1) is 16.5. The molecule has 1 aliphatic rings. The van der Waals surface area contributed by atoms with Crippen LogP contribution in [-0.4, -0.2) is 53.6 Å². The zero-order valence-electron chi connectivity index (χ0n) is 12.8. The number of hydrogen-bond donors (Lipinski definition) is 0. The van der Waals surface area contributed by atoms with E-state index in [-0.39, 0.29) is 12.0 Å². The SMILES string of the molecule is CCc1nn(CC)c(CN2CCOCC2C(=O)OC)c1Br. The van der Waals surface area contributed by atoms with E-state index in [0.29, 0.717) is 26.3 Å². The quantitative estimate of drug-likeness (QED) is 0.747. The maximum Gasteiger partial charge on any atom is 0.325 e. The number of morpholine rings is 1. The van der Waals surface area contributed by atoms with E-state index in [9.17, 15) is 4.79 Å². The molecule has 1 aromatic heterocycles. The zero-order chi connectivity index (χ0) is 15.4. The van der Waals surface area contributed by atoms with Gasteiger partial charge in [-0.05, 0) is 29.3 Å². The lowest BCUT2D eigenvalue weighted by molar-refractivity contribution is -0.153. The van der Waals surface area contributed by atoms with E-state index < -0.39 is 0 Å². The van der Waals surface area contributed by atoms with Gasteiger partial charge in [-0.15, -0.1) is 0 Å². The minimum absolute atomic E-state index is 0.246.